The van der Waals surface area contributed by atoms with Gasteiger partial charge in [0.25, 0.3) is 5.91 Å². The van der Waals surface area contributed by atoms with Crippen LogP contribution in [0.4, 0.5) is 10.6 Å². The van der Waals surface area contributed by atoms with E-state index in [1.54, 1.807) is 0 Å². The lowest BCUT2D eigenvalue weighted by atomic mass is 9.75. The molecule has 2 N–H and O–H groups in total. The number of anilines is 1. The monoisotopic (exact) mass is 472 g/mol. The summed E-state index contributed by atoms with van der Waals surface area (Å²) in [6, 6.07) is 16.2. The van der Waals surface area contributed by atoms with Gasteiger partial charge in [0, 0.05) is 12.5 Å². The maximum absolute atomic E-state index is 13.5. The van der Waals surface area contributed by atoms with Crippen molar-refractivity contribution in [3.8, 4) is 11.1 Å². The van der Waals surface area contributed by atoms with Crippen LogP contribution in [0.2, 0.25) is 0 Å². The third-order valence-corrected chi connectivity index (χ3v) is 7.38. The van der Waals surface area contributed by atoms with E-state index >= 15 is 0 Å². The normalized spacial score (nSPS) is 17.2. The number of nitrogens with zero attached hydrogens (tertiary/aromatic N) is 3. The number of amides is 2. The zero-order valence-corrected chi connectivity index (χ0v) is 18.9. The quantitative estimate of drug-likeness (QED) is 0.589. The van der Waals surface area contributed by atoms with Crippen molar-refractivity contribution in [3.63, 3.8) is 0 Å². The van der Waals surface area contributed by atoms with Crippen molar-refractivity contribution >= 4 is 23.8 Å². The molecule has 9 heteroatoms. The van der Waals surface area contributed by atoms with Crippen LogP contribution in [-0.2, 0) is 16.1 Å². The zero-order valence-electron chi connectivity index (χ0n) is 18.9. The lowest BCUT2D eigenvalue weighted by molar-refractivity contribution is -0.128. The largest absolute Gasteiger partial charge is 0.477 e. The second-order valence-electron chi connectivity index (χ2n) is 9.25. The number of ether oxygens (including phenoxy) is 1. The highest BCUT2D eigenvalue weighted by Crippen LogP contribution is 2.44. The average Bonchev–Trinajstić information content (AvgIpc) is 3.52. The maximum atomic E-state index is 13.5. The highest BCUT2D eigenvalue weighted by molar-refractivity contribution is 6.06. The Balaban J connectivity index is 1.18. The maximum Gasteiger partial charge on any atom is 0.408 e. The van der Waals surface area contributed by atoms with Crippen molar-refractivity contribution in [1.82, 2.24) is 15.1 Å². The van der Waals surface area contributed by atoms with Gasteiger partial charge >= 0.3 is 12.1 Å². The molecule has 1 aromatic heterocycles. The Kier molecular flexibility index (Phi) is 4.87. The molecule has 0 spiro atoms. The van der Waals surface area contributed by atoms with Crippen LogP contribution in [0, 0.1) is 0 Å². The fourth-order valence-corrected chi connectivity index (χ4v) is 5.49. The topological polar surface area (TPSA) is 114 Å². The molecule has 1 saturated carbocycles. The third-order valence-electron chi connectivity index (χ3n) is 7.38. The van der Waals surface area contributed by atoms with Crippen molar-refractivity contribution in [1.29, 1.82) is 0 Å². The summed E-state index contributed by atoms with van der Waals surface area (Å²) in [5.74, 6) is -1.27. The van der Waals surface area contributed by atoms with E-state index in [4.69, 9.17) is 4.74 Å². The molecule has 0 radical (unpaired) electrons. The van der Waals surface area contributed by atoms with E-state index in [1.165, 1.54) is 15.8 Å². The Morgan fingerprint density at radius 2 is 1.69 bits per heavy atom. The van der Waals surface area contributed by atoms with E-state index in [0.29, 0.717) is 25.9 Å². The number of hydrogen-bond acceptors (Lipinski definition) is 5. The van der Waals surface area contributed by atoms with E-state index in [-0.39, 0.29) is 29.8 Å². The number of carbonyl (C=O) groups excluding carboxylic acids is 2. The molecule has 2 amide bonds. The number of fused-ring (bicyclic) bond motifs is 4. The van der Waals surface area contributed by atoms with E-state index in [9.17, 15) is 19.5 Å². The molecule has 35 heavy (non-hydrogen) atoms. The summed E-state index contributed by atoms with van der Waals surface area (Å²) in [5.41, 5.74) is 3.39. The molecule has 2 aliphatic carbocycles. The number of carboxylic acids is 1. The number of alkyl carbamates (subject to hydrolysis) is 1. The van der Waals surface area contributed by atoms with Crippen LogP contribution >= 0.6 is 0 Å². The van der Waals surface area contributed by atoms with Gasteiger partial charge in [0.2, 0.25) is 0 Å². The second kappa shape index (κ2) is 7.97. The van der Waals surface area contributed by atoms with E-state index in [1.807, 2.05) is 24.3 Å². The smallest absolute Gasteiger partial charge is 0.408 e. The van der Waals surface area contributed by atoms with E-state index in [0.717, 1.165) is 28.7 Å². The molecule has 0 unspecified atom stereocenters. The molecule has 2 aromatic carbocycles. The Bertz CT molecular complexity index is 1310. The van der Waals surface area contributed by atoms with Crippen LogP contribution < -0.4 is 10.2 Å². The van der Waals surface area contributed by atoms with Crippen LogP contribution in [0.3, 0.4) is 0 Å². The van der Waals surface area contributed by atoms with Crippen molar-refractivity contribution in [2.45, 2.75) is 37.3 Å². The van der Waals surface area contributed by atoms with Crippen LogP contribution in [0.1, 0.15) is 46.7 Å². The Labute approximate surface area is 201 Å². The van der Waals surface area contributed by atoms with Gasteiger partial charge in [-0.15, -0.1) is 0 Å². The number of aromatic nitrogens is 2. The fourth-order valence-electron chi connectivity index (χ4n) is 5.49. The molecule has 178 valence electrons. The Morgan fingerprint density at radius 3 is 2.29 bits per heavy atom. The minimum absolute atomic E-state index is 0.0218. The average molecular weight is 473 g/mol. The zero-order chi connectivity index (χ0) is 24.2. The van der Waals surface area contributed by atoms with E-state index in [2.05, 4.69) is 34.7 Å². The molecule has 2 heterocycles. The standard InChI is InChI=1S/C26H24N4O5/c31-23(32)20-14-27-30-13-12-29(22(20)30)24(33)26(10-5-11-26)28-25(34)35-15-21-18-8-3-1-6-16(18)17-7-2-4-9-19(17)21/h1-4,6-9,14,21H,5,10-13,15H2,(H,28,34)(H,31,32). The van der Waals surface area contributed by atoms with Gasteiger partial charge in [0.1, 0.15) is 23.5 Å². The fraction of sp³-hybridized carbons (Fsp3) is 0.308. The summed E-state index contributed by atoms with van der Waals surface area (Å²) in [6.07, 6.45) is 2.34. The lowest BCUT2D eigenvalue weighted by Gasteiger charge is -2.42. The van der Waals surface area contributed by atoms with Gasteiger partial charge in [0.05, 0.1) is 12.7 Å². The molecule has 1 fully saturated rings. The summed E-state index contributed by atoms with van der Waals surface area (Å²) in [4.78, 5) is 39.5. The molecule has 3 aromatic rings. The Morgan fingerprint density at radius 1 is 1.03 bits per heavy atom. The number of aromatic carboxylic acids is 1. The lowest BCUT2D eigenvalue weighted by Crippen LogP contribution is -2.63. The minimum Gasteiger partial charge on any atom is -0.477 e. The Hall–Kier alpha value is -4.14. The first-order valence-corrected chi connectivity index (χ1v) is 11.7. The van der Waals surface area contributed by atoms with Gasteiger partial charge in [-0.2, -0.15) is 5.10 Å². The second-order valence-corrected chi connectivity index (χ2v) is 9.25. The molecular formula is C26H24N4O5. The first kappa shape index (κ1) is 21.4. The molecule has 9 nitrogen and oxygen atoms in total. The predicted molar refractivity (Wildman–Crippen MR) is 126 cm³/mol. The van der Waals surface area contributed by atoms with Gasteiger partial charge in [-0.25, -0.2) is 14.3 Å². The molecular weight excluding hydrogens is 448 g/mol. The van der Waals surface area contributed by atoms with Gasteiger partial charge in [-0.05, 0) is 41.5 Å². The predicted octanol–water partition coefficient (Wildman–Crippen LogP) is 3.39. The molecule has 1 aliphatic heterocycles. The summed E-state index contributed by atoms with van der Waals surface area (Å²) in [7, 11) is 0. The van der Waals surface area contributed by atoms with Gasteiger partial charge in [-0.1, -0.05) is 48.5 Å². The van der Waals surface area contributed by atoms with Crippen LogP contribution in [-0.4, -0.2) is 51.5 Å². The van der Waals surface area contributed by atoms with Crippen LogP contribution in [0.15, 0.2) is 54.7 Å². The van der Waals surface area contributed by atoms with Crippen LogP contribution in [0.25, 0.3) is 11.1 Å². The van der Waals surface area contributed by atoms with E-state index < -0.39 is 17.6 Å². The SMILES string of the molecule is O=C(NC1(C(=O)N2CCn3ncc(C(=O)O)c32)CCC1)OCC1c2ccccc2-c2ccccc21. The van der Waals surface area contributed by atoms with Crippen LogP contribution in [0.5, 0.6) is 0 Å². The van der Waals surface area contributed by atoms with Gasteiger partial charge < -0.3 is 15.2 Å². The summed E-state index contributed by atoms with van der Waals surface area (Å²) in [6.45, 7) is 0.884. The number of hydrogen-bond donors (Lipinski definition) is 2. The summed E-state index contributed by atoms with van der Waals surface area (Å²) in [5, 5.41) is 16.4. The molecule has 0 bridgehead atoms. The molecule has 3 aliphatic rings. The first-order chi connectivity index (χ1) is 17.0. The first-order valence-electron chi connectivity index (χ1n) is 11.7. The van der Waals surface area contributed by atoms with Gasteiger partial charge in [0.15, 0.2) is 0 Å². The third kappa shape index (κ3) is 3.30. The number of benzene rings is 2. The summed E-state index contributed by atoms with van der Waals surface area (Å²) >= 11 is 0. The molecule has 0 saturated heterocycles. The number of nitrogens with one attached hydrogen (secondary N) is 1. The summed E-state index contributed by atoms with van der Waals surface area (Å²) < 4.78 is 7.18. The number of carboxylic acid groups (broad SMARTS) is 1. The highest BCUT2D eigenvalue weighted by atomic mass is 16.5. The highest BCUT2D eigenvalue weighted by Gasteiger charge is 2.50. The molecule has 0 atom stereocenters. The number of carbonyl (C=O) groups is 3. The van der Waals surface area contributed by atoms with Gasteiger partial charge in [-0.3, -0.25) is 9.69 Å². The van der Waals surface area contributed by atoms with Crippen molar-refractivity contribution < 1.29 is 24.2 Å². The van der Waals surface area contributed by atoms with Crippen molar-refractivity contribution in [3.05, 3.63) is 71.4 Å². The van der Waals surface area contributed by atoms with Crippen molar-refractivity contribution in [2.75, 3.05) is 18.1 Å². The molecule has 6 rings (SSSR count). The number of rotatable bonds is 5. The van der Waals surface area contributed by atoms with Crippen molar-refractivity contribution in [2.24, 2.45) is 0 Å². The minimum atomic E-state index is -1.14.